The van der Waals surface area contributed by atoms with Crippen LogP contribution in [0.1, 0.15) is 105 Å². The van der Waals surface area contributed by atoms with E-state index in [2.05, 4.69) is 24.5 Å². The number of benzene rings is 1. The molecule has 7 nitrogen and oxygen atoms in total. The van der Waals surface area contributed by atoms with Crippen molar-refractivity contribution in [1.29, 1.82) is 0 Å². The molecule has 0 radical (unpaired) electrons. The van der Waals surface area contributed by atoms with E-state index in [1.807, 2.05) is 52.0 Å². The zero-order valence-corrected chi connectivity index (χ0v) is 23.9. The second kappa shape index (κ2) is 14.9. The minimum atomic E-state index is -0.812. The number of hydrogen-bond acceptors (Lipinski definition) is 4. The Kier molecular flexibility index (Phi) is 13.0. The molecule has 1 rings (SSSR count). The smallest absolute Gasteiger partial charge is 0.408 e. The summed E-state index contributed by atoms with van der Waals surface area (Å²) in [5.74, 6) is -0.358. The van der Waals surface area contributed by atoms with Gasteiger partial charge in [-0.3, -0.25) is 9.59 Å². The fourth-order valence-electron chi connectivity index (χ4n) is 4.06. The molecule has 0 saturated heterocycles. The van der Waals surface area contributed by atoms with Crippen molar-refractivity contribution in [3.8, 4) is 0 Å². The van der Waals surface area contributed by atoms with Gasteiger partial charge in [0.05, 0.1) is 0 Å². The van der Waals surface area contributed by atoms with E-state index in [0.29, 0.717) is 13.0 Å². The molecule has 0 aromatic heterocycles. The van der Waals surface area contributed by atoms with E-state index in [1.165, 1.54) is 0 Å². The van der Waals surface area contributed by atoms with Crippen molar-refractivity contribution in [2.45, 2.75) is 118 Å². The predicted octanol–water partition coefficient (Wildman–Crippen LogP) is 5.77. The number of nitrogens with zero attached hydrogens (tertiary/aromatic N) is 1. The molecule has 0 aliphatic heterocycles. The number of carbonyl (C=O) groups excluding carboxylic acids is 3. The van der Waals surface area contributed by atoms with E-state index in [9.17, 15) is 14.4 Å². The van der Waals surface area contributed by atoms with Crippen LogP contribution in [0.2, 0.25) is 0 Å². The third-order valence-electron chi connectivity index (χ3n) is 5.82. The summed E-state index contributed by atoms with van der Waals surface area (Å²) in [5, 5.41) is 5.82. The van der Waals surface area contributed by atoms with Gasteiger partial charge in [0.15, 0.2) is 0 Å². The van der Waals surface area contributed by atoms with E-state index in [1.54, 1.807) is 25.7 Å². The van der Waals surface area contributed by atoms with Gasteiger partial charge in [0.1, 0.15) is 17.7 Å². The highest BCUT2D eigenvalue weighted by Gasteiger charge is 2.37. The van der Waals surface area contributed by atoms with E-state index in [4.69, 9.17) is 4.74 Å². The van der Waals surface area contributed by atoms with Crippen LogP contribution < -0.4 is 10.6 Å². The third kappa shape index (κ3) is 10.6. The summed E-state index contributed by atoms with van der Waals surface area (Å²) in [6, 6.07) is 5.96. The molecule has 0 fully saturated rings. The molecule has 2 atom stereocenters. The van der Waals surface area contributed by atoms with Gasteiger partial charge in [0.25, 0.3) is 0 Å². The van der Waals surface area contributed by atoms with Crippen LogP contribution in [0.4, 0.5) is 4.79 Å². The SMILES string of the molecule is CCCCCNC(=O)C(c1ccc(CC)cc1)N(C(=O)C(CC(C)C)NC(=O)OC(C)(C)C)C(C)C. The molecule has 0 aliphatic rings. The van der Waals surface area contributed by atoms with Crippen LogP contribution in [0.25, 0.3) is 0 Å². The maximum Gasteiger partial charge on any atom is 0.408 e. The molecular formula is C29H49N3O4. The Balaban J connectivity index is 3.39. The summed E-state index contributed by atoms with van der Waals surface area (Å²) in [4.78, 5) is 41.8. The molecule has 0 bridgehead atoms. The number of nitrogens with one attached hydrogen (secondary N) is 2. The highest BCUT2D eigenvalue weighted by molar-refractivity contribution is 5.92. The number of amides is 3. The highest BCUT2D eigenvalue weighted by atomic mass is 16.6. The van der Waals surface area contributed by atoms with Crippen molar-refractivity contribution in [1.82, 2.24) is 15.5 Å². The van der Waals surface area contributed by atoms with Crippen molar-refractivity contribution in [2.24, 2.45) is 5.92 Å². The predicted molar refractivity (Wildman–Crippen MR) is 146 cm³/mol. The monoisotopic (exact) mass is 503 g/mol. The first-order valence-corrected chi connectivity index (χ1v) is 13.5. The number of aryl methyl sites for hydroxylation is 1. The Morgan fingerprint density at radius 3 is 2.06 bits per heavy atom. The number of ether oxygens (including phenoxy) is 1. The lowest BCUT2D eigenvalue weighted by Gasteiger charge is -2.37. The largest absolute Gasteiger partial charge is 0.444 e. The lowest BCUT2D eigenvalue weighted by atomic mass is 9.97. The third-order valence-corrected chi connectivity index (χ3v) is 5.82. The number of hydrogen-bond donors (Lipinski definition) is 2. The molecule has 1 aromatic carbocycles. The topological polar surface area (TPSA) is 87.7 Å². The van der Waals surface area contributed by atoms with Gasteiger partial charge < -0.3 is 20.3 Å². The Morgan fingerprint density at radius 2 is 1.58 bits per heavy atom. The van der Waals surface area contributed by atoms with Gasteiger partial charge in [0.2, 0.25) is 11.8 Å². The van der Waals surface area contributed by atoms with Gasteiger partial charge in [-0.25, -0.2) is 4.79 Å². The van der Waals surface area contributed by atoms with Gasteiger partial charge in [-0.05, 0) is 70.9 Å². The first-order valence-electron chi connectivity index (χ1n) is 13.5. The Hall–Kier alpha value is -2.57. The molecule has 0 heterocycles. The van der Waals surface area contributed by atoms with Crippen LogP contribution in [-0.2, 0) is 20.7 Å². The maximum absolute atomic E-state index is 14.0. The van der Waals surface area contributed by atoms with Crippen LogP contribution >= 0.6 is 0 Å². The van der Waals surface area contributed by atoms with Crippen molar-refractivity contribution < 1.29 is 19.1 Å². The van der Waals surface area contributed by atoms with Crippen LogP contribution in [0.3, 0.4) is 0 Å². The molecule has 2 N–H and O–H groups in total. The average Bonchev–Trinajstić information content (AvgIpc) is 2.77. The summed E-state index contributed by atoms with van der Waals surface area (Å²) in [5.41, 5.74) is 1.23. The zero-order valence-electron chi connectivity index (χ0n) is 23.9. The van der Waals surface area contributed by atoms with Gasteiger partial charge >= 0.3 is 6.09 Å². The Labute approximate surface area is 218 Å². The van der Waals surface area contributed by atoms with Crippen molar-refractivity contribution in [3.63, 3.8) is 0 Å². The van der Waals surface area contributed by atoms with Gasteiger partial charge in [-0.1, -0.05) is 64.8 Å². The van der Waals surface area contributed by atoms with E-state index >= 15 is 0 Å². The first kappa shape index (κ1) is 31.5. The number of alkyl carbamates (subject to hydrolysis) is 1. The fraction of sp³-hybridized carbons (Fsp3) is 0.690. The molecular weight excluding hydrogens is 454 g/mol. The molecule has 2 unspecified atom stereocenters. The second-order valence-electron chi connectivity index (χ2n) is 11.2. The molecule has 3 amide bonds. The summed E-state index contributed by atoms with van der Waals surface area (Å²) in [6.07, 6.45) is 3.65. The first-order chi connectivity index (χ1) is 16.8. The quantitative estimate of drug-likeness (QED) is 0.334. The molecule has 1 aromatic rings. The number of carbonyl (C=O) groups is 3. The highest BCUT2D eigenvalue weighted by Crippen LogP contribution is 2.26. The summed E-state index contributed by atoms with van der Waals surface area (Å²) in [6.45, 7) is 17.9. The molecule has 7 heteroatoms. The summed E-state index contributed by atoms with van der Waals surface area (Å²) >= 11 is 0. The van der Waals surface area contributed by atoms with E-state index in [-0.39, 0.29) is 23.8 Å². The van der Waals surface area contributed by atoms with Crippen molar-refractivity contribution >= 4 is 17.9 Å². The molecule has 0 spiro atoms. The minimum absolute atomic E-state index is 0.146. The summed E-state index contributed by atoms with van der Waals surface area (Å²) < 4.78 is 5.43. The Bertz CT molecular complexity index is 828. The van der Waals surface area contributed by atoms with Gasteiger partial charge in [-0.15, -0.1) is 0 Å². The van der Waals surface area contributed by atoms with Crippen LogP contribution in [0.5, 0.6) is 0 Å². The summed E-state index contributed by atoms with van der Waals surface area (Å²) in [7, 11) is 0. The van der Waals surface area contributed by atoms with Gasteiger partial charge in [0, 0.05) is 12.6 Å². The van der Waals surface area contributed by atoms with Crippen molar-refractivity contribution in [3.05, 3.63) is 35.4 Å². The number of unbranched alkanes of at least 4 members (excludes halogenated alkanes) is 2. The van der Waals surface area contributed by atoms with Crippen LogP contribution in [-0.4, -0.2) is 47.0 Å². The molecule has 0 saturated carbocycles. The van der Waals surface area contributed by atoms with Crippen LogP contribution in [0.15, 0.2) is 24.3 Å². The normalized spacial score (nSPS) is 13.3. The van der Waals surface area contributed by atoms with Crippen molar-refractivity contribution in [2.75, 3.05) is 6.54 Å². The van der Waals surface area contributed by atoms with Crippen LogP contribution in [0, 0.1) is 5.92 Å². The standard InChI is InChI=1S/C29H49N3O4/c1-10-12-13-18-30-26(33)25(23-16-14-22(11-2)15-17-23)32(21(5)6)27(34)24(19-20(3)4)31-28(35)36-29(7,8)9/h14-17,20-21,24-25H,10-13,18-19H2,1-9H3,(H,30,33)(H,31,35). The zero-order chi connectivity index (χ0) is 27.5. The second-order valence-corrected chi connectivity index (χ2v) is 11.2. The lowest BCUT2D eigenvalue weighted by Crippen LogP contribution is -2.55. The Morgan fingerprint density at radius 1 is 0.972 bits per heavy atom. The minimum Gasteiger partial charge on any atom is -0.444 e. The maximum atomic E-state index is 14.0. The average molecular weight is 504 g/mol. The fourth-order valence-corrected chi connectivity index (χ4v) is 4.06. The van der Waals surface area contributed by atoms with Gasteiger partial charge in [-0.2, -0.15) is 0 Å². The lowest BCUT2D eigenvalue weighted by molar-refractivity contribution is -0.144. The molecule has 0 aliphatic carbocycles. The van der Waals surface area contributed by atoms with E-state index in [0.717, 1.165) is 36.8 Å². The van der Waals surface area contributed by atoms with E-state index < -0.39 is 23.8 Å². The molecule has 204 valence electrons. The number of rotatable bonds is 13. The molecule has 36 heavy (non-hydrogen) atoms.